The lowest BCUT2D eigenvalue weighted by atomic mass is 10.2. The van der Waals surface area contributed by atoms with Crippen LogP contribution >= 0.6 is 11.8 Å². The summed E-state index contributed by atoms with van der Waals surface area (Å²) in [7, 11) is 0. The standard InChI is InChI=1S/C14H30N2S/c1-3-5-10-16(11-7-12-17-4-2)13-14-8-6-9-15-14/h14-15H,3-13H2,1-2H3. The van der Waals surface area contributed by atoms with E-state index in [1.807, 2.05) is 0 Å². The molecule has 1 unspecified atom stereocenters. The average molecular weight is 258 g/mol. The minimum Gasteiger partial charge on any atom is -0.313 e. The zero-order valence-corrected chi connectivity index (χ0v) is 12.5. The van der Waals surface area contributed by atoms with Crippen molar-refractivity contribution in [2.45, 2.75) is 52.0 Å². The Balaban J connectivity index is 2.16. The Morgan fingerprint density at radius 2 is 2.06 bits per heavy atom. The van der Waals surface area contributed by atoms with Crippen LogP contribution in [0.25, 0.3) is 0 Å². The SMILES string of the molecule is CCCCN(CCCSCC)CC1CCCN1. The second-order valence-corrected chi connectivity index (χ2v) is 6.39. The summed E-state index contributed by atoms with van der Waals surface area (Å²) in [5.74, 6) is 2.59. The molecular weight excluding hydrogens is 228 g/mol. The quantitative estimate of drug-likeness (QED) is 0.607. The number of unbranched alkanes of at least 4 members (excludes halogenated alkanes) is 1. The van der Waals surface area contributed by atoms with E-state index in [9.17, 15) is 0 Å². The molecule has 0 aromatic heterocycles. The monoisotopic (exact) mass is 258 g/mol. The summed E-state index contributed by atoms with van der Waals surface area (Å²) in [4.78, 5) is 2.68. The van der Waals surface area contributed by atoms with Crippen LogP contribution in [0.2, 0.25) is 0 Å². The van der Waals surface area contributed by atoms with Gasteiger partial charge in [0.1, 0.15) is 0 Å². The minimum atomic E-state index is 0.769. The first-order valence-electron chi connectivity index (χ1n) is 7.40. The Labute approximate surface area is 112 Å². The van der Waals surface area contributed by atoms with Crippen molar-refractivity contribution in [2.24, 2.45) is 0 Å². The number of hydrogen-bond donors (Lipinski definition) is 1. The number of thioether (sulfide) groups is 1. The van der Waals surface area contributed by atoms with Crippen molar-refractivity contribution < 1.29 is 0 Å². The molecule has 1 aliphatic heterocycles. The largest absolute Gasteiger partial charge is 0.313 e. The molecule has 0 amide bonds. The lowest BCUT2D eigenvalue weighted by Gasteiger charge is -2.25. The molecule has 2 nitrogen and oxygen atoms in total. The van der Waals surface area contributed by atoms with Gasteiger partial charge in [0.2, 0.25) is 0 Å². The maximum atomic E-state index is 3.62. The first-order valence-corrected chi connectivity index (χ1v) is 8.55. The molecule has 0 aromatic rings. The maximum absolute atomic E-state index is 3.62. The van der Waals surface area contributed by atoms with Gasteiger partial charge in [-0.2, -0.15) is 11.8 Å². The second kappa shape index (κ2) is 10.2. The Morgan fingerprint density at radius 3 is 2.71 bits per heavy atom. The summed E-state index contributed by atoms with van der Waals surface area (Å²) >= 11 is 2.07. The summed E-state index contributed by atoms with van der Waals surface area (Å²) in [5.41, 5.74) is 0. The van der Waals surface area contributed by atoms with Gasteiger partial charge < -0.3 is 10.2 Å². The summed E-state index contributed by atoms with van der Waals surface area (Å²) in [6.07, 6.45) is 6.78. The topological polar surface area (TPSA) is 15.3 Å². The van der Waals surface area contributed by atoms with Gasteiger partial charge in [-0.1, -0.05) is 20.3 Å². The predicted octanol–water partition coefficient (Wildman–Crippen LogP) is 2.98. The van der Waals surface area contributed by atoms with E-state index in [2.05, 4.69) is 35.8 Å². The third-order valence-electron chi connectivity index (χ3n) is 3.44. The van der Waals surface area contributed by atoms with Gasteiger partial charge in [-0.15, -0.1) is 0 Å². The number of rotatable bonds is 10. The van der Waals surface area contributed by atoms with E-state index >= 15 is 0 Å². The van der Waals surface area contributed by atoms with E-state index in [0.29, 0.717) is 0 Å². The van der Waals surface area contributed by atoms with Crippen LogP contribution in [0.1, 0.15) is 46.0 Å². The molecule has 1 fully saturated rings. The van der Waals surface area contributed by atoms with E-state index in [0.717, 1.165) is 6.04 Å². The highest BCUT2D eigenvalue weighted by Gasteiger charge is 2.17. The molecule has 3 heteroatoms. The molecule has 17 heavy (non-hydrogen) atoms. The Bertz CT molecular complexity index is 170. The van der Waals surface area contributed by atoms with Gasteiger partial charge >= 0.3 is 0 Å². The molecule has 0 aliphatic carbocycles. The molecule has 0 saturated carbocycles. The zero-order chi connectivity index (χ0) is 12.3. The van der Waals surface area contributed by atoms with Crippen LogP contribution < -0.4 is 5.32 Å². The van der Waals surface area contributed by atoms with Crippen LogP contribution in [0.3, 0.4) is 0 Å². The molecule has 0 aromatic carbocycles. The normalized spacial score (nSPS) is 20.3. The van der Waals surface area contributed by atoms with E-state index in [4.69, 9.17) is 0 Å². The fraction of sp³-hybridized carbons (Fsp3) is 1.00. The Hall–Kier alpha value is 0.270. The number of hydrogen-bond acceptors (Lipinski definition) is 3. The van der Waals surface area contributed by atoms with Crippen LogP contribution in [-0.4, -0.2) is 48.6 Å². The van der Waals surface area contributed by atoms with Crippen molar-refractivity contribution >= 4 is 11.8 Å². The zero-order valence-electron chi connectivity index (χ0n) is 11.7. The minimum absolute atomic E-state index is 0.769. The van der Waals surface area contributed by atoms with Gasteiger partial charge in [0, 0.05) is 12.6 Å². The van der Waals surface area contributed by atoms with E-state index in [-0.39, 0.29) is 0 Å². The van der Waals surface area contributed by atoms with Crippen molar-refractivity contribution in [3.63, 3.8) is 0 Å². The van der Waals surface area contributed by atoms with Crippen LogP contribution in [0.15, 0.2) is 0 Å². The maximum Gasteiger partial charge on any atom is 0.0195 e. The van der Waals surface area contributed by atoms with Crippen LogP contribution in [0.4, 0.5) is 0 Å². The van der Waals surface area contributed by atoms with E-state index in [1.54, 1.807) is 0 Å². The highest BCUT2D eigenvalue weighted by molar-refractivity contribution is 7.99. The van der Waals surface area contributed by atoms with Gasteiger partial charge in [0.15, 0.2) is 0 Å². The molecule has 1 atom stereocenters. The van der Waals surface area contributed by atoms with Crippen LogP contribution in [-0.2, 0) is 0 Å². The fourth-order valence-corrected chi connectivity index (χ4v) is 3.06. The smallest absolute Gasteiger partial charge is 0.0195 e. The number of nitrogens with zero attached hydrogens (tertiary/aromatic N) is 1. The van der Waals surface area contributed by atoms with Gasteiger partial charge in [-0.3, -0.25) is 0 Å². The van der Waals surface area contributed by atoms with Crippen LogP contribution in [0, 0.1) is 0 Å². The van der Waals surface area contributed by atoms with Crippen molar-refractivity contribution in [1.82, 2.24) is 10.2 Å². The Morgan fingerprint density at radius 1 is 1.24 bits per heavy atom. The van der Waals surface area contributed by atoms with E-state index < -0.39 is 0 Å². The van der Waals surface area contributed by atoms with Crippen molar-refractivity contribution in [3.05, 3.63) is 0 Å². The third-order valence-corrected chi connectivity index (χ3v) is 4.42. The van der Waals surface area contributed by atoms with E-state index in [1.165, 1.54) is 69.8 Å². The van der Waals surface area contributed by atoms with Gasteiger partial charge in [0.25, 0.3) is 0 Å². The summed E-state index contributed by atoms with van der Waals surface area (Å²) in [6.45, 7) is 9.65. The summed E-state index contributed by atoms with van der Waals surface area (Å²) in [5, 5.41) is 3.62. The lowest BCUT2D eigenvalue weighted by molar-refractivity contribution is 0.246. The Kier molecular flexibility index (Phi) is 9.21. The molecule has 1 rings (SSSR count). The molecule has 1 aliphatic rings. The first-order chi connectivity index (χ1) is 8.36. The van der Waals surface area contributed by atoms with Gasteiger partial charge in [0.05, 0.1) is 0 Å². The molecule has 0 radical (unpaired) electrons. The predicted molar refractivity (Wildman–Crippen MR) is 80.0 cm³/mol. The highest BCUT2D eigenvalue weighted by atomic mass is 32.2. The molecule has 1 N–H and O–H groups in total. The highest BCUT2D eigenvalue weighted by Crippen LogP contribution is 2.09. The lowest BCUT2D eigenvalue weighted by Crippen LogP contribution is -2.38. The fourth-order valence-electron chi connectivity index (χ4n) is 2.43. The molecule has 1 saturated heterocycles. The summed E-state index contributed by atoms with van der Waals surface area (Å²) < 4.78 is 0. The van der Waals surface area contributed by atoms with Crippen molar-refractivity contribution in [2.75, 3.05) is 37.7 Å². The van der Waals surface area contributed by atoms with Crippen molar-refractivity contribution in [1.29, 1.82) is 0 Å². The first kappa shape index (κ1) is 15.3. The second-order valence-electron chi connectivity index (χ2n) is 5.00. The molecule has 102 valence electrons. The molecule has 1 heterocycles. The molecular formula is C14H30N2S. The third kappa shape index (κ3) is 7.32. The van der Waals surface area contributed by atoms with Gasteiger partial charge in [-0.25, -0.2) is 0 Å². The number of nitrogens with one attached hydrogen (secondary N) is 1. The van der Waals surface area contributed by atoms with Crippen LogP contribution in [0.5, 0.6) is 0 Å². The molecule has 0 spiro atoms. The summed E-state index contributed by atoms with van der Waals surface area (Å²) in [6, 6.07) is 0.769. The average Bonchev–Trinajstić information content (AvgIpc) is 2.84. The molecule has 0 bridgehead atoms. The van der Waals surface area contributed by atoms with Crippen molar-refractivity contribution in [3.8, 4) is 0 Å². The van der Waals surface area contributed by atoms with Gasteiger partial charge in [-0.05, 0) is 56.8 Å².